The standard InChI is InChI=1S/C13H9FN2O4/c14-8-3-1-4-9(7-8)15-11-6-2-5-10(13(17)18)12(11)16(19)20/h1-7,15H,(H,17,18). The van der Waals surface area contributed by atoms with E-state index in [1.165, 1.54) is 30.3 Å². The van der Waals surface area contributed by atoms with Crippen molar-refractivity contribution in [2.45, 2.75) is 0 Å². The molecule has 0 bridgehead atoms. The van der Waals surface area contributed by atoms with Crippen LogP contribution in [0.15, 0.2) is 42.5 Å². The fourth-order valence-corrected chi connectivity index (χ4v) is 1.74. The van der Waals surface area contributed by atoms with Gasteiger partial charge in [-0.25, -0.2) is 9.18 Å². The number of aromatic carboxylic acids is 1. The third-order valence-electron chi connectivity index (χ3n) is 2.55. The lowest BCUT2D eigenvalue weighted by Crippen LogP contribution is -2.05. The second-order valence-electron chi connectivity index (χ2n) is 3.90. The number of anilines is 2. The Balaban J connectivity index is 2.49. The van der Waals surface area contributed by atoms with Gasteiger partial charge in [0.25, 0.3) is 0 Å². The molecule has 20 heavy (non-hydrogen) atoms. The zero-order valence-corrected chi connectivity index (χ0v) is 10.0. The molecule has 0 aliphatic carbocycles. The largest absolute Gasteiger partial charge is 0.477 e. The lowest BCUT2D eigenvalue weighted by atomic mass is 10.1. The van der Waals surface area contributed by atoms with Crippen molar-refractivity contribution in [3.63, 3.8) is 0 Å². The normalized spacial score (nSPS) is 10.1. The van der Waals surface area contributed by atoms with Gasteiger partial charge in [-0.15, -0.1) is 0 Å². The molecule has 0 spiro atoms. The maximum absolute atomic E-state index is 13.1. The lowest BCUT2D eigenvalue weighted by Gasteiger charge is -2.08. The van der Waals surface area contributed by atoms with Crippen LogP contribution < -0.4 is 5.32 Å². The molecule has 0 aromatic heterocycles. The van der Waals surface area contributed by atoms with E-state index in [9.17, 15) is 19.3 Å². The summed E-state index contributed by atoms with van der Waals surface area (Å²) in [5.74, 6) is -1.91. The highest BCUT2D eigenvalue weighted by Crippen LogP contribution is 2.31. The maximum atomic E-state index is 13.1. The van der Waals surface area contributed by atoms with E-state index in [2.05, 4.69) is 5.32 Å². The van der Waals surface area contributed by atoms with Crippen LogP contribution in [-0.4, -0.2) is 16.0 Å². The first kappa shape index (κ1) is 13.5. The minimum atomic E-state index is -1.40. The van der Waals surface area contributed by atoms with Crippen LogP contribution >= 0.6 is 0 Å². The Morgan fingerprint density at radius 1 is 1.25 bits per heavy atom. The van der Waals surface area contributed by atoms with E-state index < -0.39 is 28.0 Å². The van der Waals surface area contributed by atoms with E-state index in [-0.39, 0.29) is 11.4 Å². The number of benzene rings is 2. The molecule has 0 saturated carbocycles. The summed E-state index contributed by atoms with van der Waals surface area (Å²) in [4.78, 5) is 21.2. The number of rotatable bonds is 4. The molecule has 0 radical (unpaired) electrons. The van der Waals surface area contributed by atoms with Crippen molar-refractivity contribution >= 4 is 23.0 Å². The molecule has 0 heterocycles. The first-order valence-electron chi connectivity index (χ1n) is 5.52. The topological polar surface area (TPSA) is 92.5 Å². The Morgan fingerprint density at radius 3 is 2.55 bits per heavy atom. The van der Waals surface area contributed by atoms with E-state index in [0.29, 0.717) is 0 Å². The van der Waals surface area contributed by atoms with Crippen molar-refractivity contribution in [3.05, 3.63) is 64.0 Å². The van der Waals surface area contributed by atoms with Crippen molar-refractivity contribution in [2.24, 2.45) is 0 Å². The van der Waals surface area contributed by atoms with Gasteiger partial charge in [0.2, 0.25) is 0 Å². The van der Waals surface area contributed by atoms with Gasteiger partial charge in [-0.3, -0.25) is 10.1 Å². The van der Waals surface area contributed by atoms with Crippen molar-refractivity contribution in [1.29, 1.82) is 0 Å². The van der Waals surface area contributed by atoms with Crippen LogP contribution in [0, 0.1) is 15.9 Å². The SMILES string of the molecule is O=C(O)c1cccc(Nc2cccc(F)c2)c1[N+](=O)[O-]. The summed E-state index contributed by atoms with van der Waals surface area (Å²) < 4.78 is 13.1. The summed E-state index contributed by atoms with van der Waals surface area (Å²) in [6.07, 6.45) is 0. The second kappa shape index (κ2) is 5.35. The quantitative estimate of drug-likeness (QED) is 0.660. The number of nitrogens with one attached hydrogen (secondary N) is 1. The Morgan fingerprint density at radius 2 is 1.95 bits per heavy atom. The Bertz CT molecular complexity index is 688. The average Bonchev–Trinajstić information content (AvgIpc) is 2.38. The zero-order valence-electron chi connectivity index (χ0n) is 10.0. The molecule has 6 nitrogen and oxygen atoms in total. The van der Waals surface area contributed by atoms with E-state index in [4.69, 9.17) is 5.11 Å². The third-order valence-corrected chi connectivity index (χ3v) is 2.55. The van der Waals surface area contributed by atoms with Gasteiger partial charge in [0.1, 0.15) is 17.1 Å². The Hall–Kier alpha value is -2.96. The van der Waals surface area contributed by atoms with Crippen LogP contribution in [-0.2, 0) is 0 Å². The highest BCUT2D eigenvalue weighted by atomic mass is 19.1. The highest BCUT2D eigenvalue weighted by molar-refractivity contribution is 5.96. The van der Waals surface area contributed by atoms with Crippen LogP contribution in [0.4, 0.5) is 21.5 Å². The number of hydrogen-bond acceptors (Lipinski definition) is 4. The van der Waals surface area contributed by atoms with Crippen LogP contribution in [0.3, 0.4) is 0 Å². The number of nitro groups is 1. The minimum absolute atomic E-state index is 0.0134. The number of carboxylic acid groups (broad SMARTS) is 1. The molecule has 0 amide bonds. The fourth-order valence-electron chi connectivity index (χ4n) is 1.74. The summed E-state index contributed by atoms with van der Waals surface area (Å²) in [5, 5.41) is 22.6. The molecule has 2 rings (SSSR count). The summed E-state index contributed by atoms with van der Waals surface area (Å²) in [6, 6.07) is 9.19. The van der Waals surface area contributed by atoms with Crippen molar-refractivity contribution in [2.75, 3.05) is 5.32 Å². The summed E-state index contributed by atoms with van der Waals surface area (Å²) in [7, 11) is 0. The summed E-state index contributed by atoms with van der Waals surface area (Å²) in [5.41, 5.74) is -0.725. The zero-order chi connectivity index (χ0) is 14.7. The summed E-state index contributed by atoms with van der Waals surface area (Å²) in [6.45, 7) is 0. The molecule has 7 heteroatoms. The van der Waals surface area contributed by atoms with Gasteiger partial charge in [-0.1, -0.05) is 12.1 Å². The monoisotopic (exact) mass is 276 g/mol. The van der Waals surface area contributed by atoms with Gasteiger partial charge in [0.05, 0.1) is 4.92 Å². The molecule has 0 aliphatic rings. The van der Waals surface area contributed by atoms with Crippen LogP contribution in [0.5, 0.6) is 0 Å². The van der Waals surface area contributed by atoms with Gasteiger partial charge >= 0.3 is 11.7 Å². The Kier molecular flexibility index (Phi) is 3.60. The molecule has 2 N–H and O–H groups in total. The number of hydrogen-bond donors (Lipinski definition) is 2. The molecule has 0 atom stereocenters. The number of carboxylic acids is 1. The Labute approximate surface area is 112 Å². The lowest BCUT2D eigenvalue weighted by molar-refractivity contribution is -0.384. The molecule has 0 aliphatic heterocycles. The first-order chi connectivity index (χ1) is 9.49. The molecule has 102 valence electrons. The number of para-hydroxylation sites is 1. The number of carbonyl (C=O) groups is 1. The highest BCUT2D eigenvalue weighted by Gasteiger charge is 2.24. The van der Waals surface area contributed by atoms with Gasteiger partial charge in [0, 0.05) is 5.69 Å². The maximum Gasteiger partial charge on any atom is 0.342 e. The second-order valence-corrected chi connectivity index (χ2v) is 3.90. The molecule has 0 unspecified atom stereocenters. The molecular formula is C13H9FN2O4. The van der Waals surface area contributed by atoms with E-state index >= 15 is 0 Å². The van der Waals surface area contributed by atoms with Crippen molar-refractivity contribution in [3.8, 4) is 0 Å². The average molecular weight is 276 g/mol. The predicted molar refractivity (Wildman–Crippen MR) is 69.7 cm³/mol. The molecule has 2 aromatic rings. The third kappa shape index (κ3) is 2.72. The van der Waals surface area contributed by atoms with Crippen molar-refractivity contribution < 1.29 is 19.2 Å². The molecular weight excluding hydrogens is 267 g/mol. The molecule has 0 saturated heterocycles. The fraction of sp³-hybridized carbons (Fsp3) is 0. The van der Waals surface area contributed by atoms with Gasteiger partial charge in [0.15, 0.2) is 0 Å². The smallest absolute Gasteiger partial charge is 0.342 e. The van der Waals surface area contributed by atoms with E-state index in [0.717, 1.165) is 12.1 Å². The van der Waals surface area contributed by atoms with Crippen LogP contribution in [0.2, 0.25) is 0 Å². The van der Waals surface area contributed by atoms with E-state index in [1.807, 2.05) is 0 Å². The van der Waals surface area contributed by atoms with E-state index in [1.54, 1.807) is 0 Å². The number of nitro benzene ring substituents is 1. The van der Waals surface area contributed by atoms with Gasteiger partial charge in [-0.05, 0) is 30.3 Å². The van der Waals surface area contributed by atoms with Crippen LogP contribution in [0.1, 0.15) is 10.4 Å². The minimum Gasteiger partial charge on any atom is -0.477 e. The molecule has 2 aromatic carbocycles. The van der Waals surface area contributed by atoms with Gasteiger partial charge < -0.3 is 10.4 Å². The predicted octanol–water partition coefficient (Wildman–Crippen LogP) is 3.18. The summed E-state index contributed by atoms with van der Waals surface area (Å²) >= 11 is 0. The van der Waals surface area contributed by atoms with Crippen LogP contribution in [0.25, 0.3) is 0 Å². The first-order valence-corrected chi connectivity index (χ1v) is 5.52. The van der Waals surface area contributed by atoms with Gasteiger partial charge in [-0.2, -0.15) is 0 Å². The number of nitrogens with zero attached hydrogens (tertiary/aromatic N) is 1. The molecule has 0 fully saturated rings. The van der Waals surface area contributed by atoms with Crippen molar-refractivity contribution in [1.82, 2.24) is 0 Å². The number of halogens is 1.